The maximum absolute atomic E-state index is 4.77. The Morgan fingerprint density at radius 1 is 0.633 bits per heavy atom. The number of aryl methyl sites for hydroxylation is 3. The summed E-state index contributed by atoms with van der Waals surface area (Å²) in [5.74, 6) is 0.809. The highest BCUT2D eigenvalue weighted by atomic mass is 15.3. The molecule has 0 bridgehead atoms. The topological polar surface area (TPSA) is 43.6 Å². The fourth-order valence-corrected chi connectivity index (χ4v) is 3.91. The normalized spacial score (nSPS) is 11.1. The second-order valence-electron chi connectivity index (χ2n) is 7.86. The fourth-order valence-electron chi connectivity index (χ4n) is 3.91. The molecule has 30 heavy (non-hydrogen) atoms. The Morgan fingerprint density at radius 3 is 1.63 bits per heavy atom. The molecule has 0 saturated carbocycles. The largest absolute Gasteiger partial charge is 0.269 e. The molecule has 0 spiro atoms. The van der Waals surface area contributed by atoms with E-state index in [1.54, 1.807) is 0 Å². The van der Waals surface area contributed by atoms with Crippen LogP contribution < -0.4 is 0 Å². The number of nitrogens with zero attached hydrogens (tertiary/aromatic N) is 4. The van der Waals surface area contributed by atoms with Gasteiger partial charge in [-0.1, -0.05) is 48.5 Å². The molecular formula is C26H28N4. The van der Waals surface area contributed by atoms with Crippen molar-refractivity contribution < 1.29 is 0 Å². The van der Waals surface area contributed by atoms with Crippen molar-refractivity contribution in [2.24, 2.45) is 0 Å². The highest BCUT2D eigenvalue weighted by Crippen LogP contribution is 2.29. The van der Waals surface area contributed by atoms with E-state index in [0.29, 0.717) is 0 Å². The van der Waals surface area contributed by atoms with Gasteiger partial charge in [-0.25, -0.2) is 9.97 Å². The molecular weight excluding hydrogens is 368 g/mol. The van der Waals surface area contributed by atoms with Crippen LogP contribution in [-0.2, 0) is 6.54 Å². The second-order valence-corrected chi connectivity index (χ2v) is 7.86. The predicted molar refractivity (Wildman–Crippen MR) is 123 cm³/mol. The van der Waals surface area contributed by atoms with Crippen molar-refractivity contribution in [3.8, 4) is 33.6 Å². The molecule has 0 aliphatic rings. The third-order valence-electron chi connectivity index (χ3n) is 5.96. The zero-order valence-corrected chi connectivity index (χ0v) is 18.6. The molecule has 2 aromatic carbocycles. The molecule has 4 aromatic rings. The lowest BCUT2D eigenvalue weighted by molar-refractivity contribution is 0.641. The van der Waals surface area contributed by atoms with Crippen molar-refractivity contribution in [2.75, 3.05) is 0 Å². The summed E-state index contributed by atoms with van der Waals surface area (Å²) in [5.41, 5.74) is 11.4. The number of hydrogen-bond donors (Lipinski definition) is 0. The summed E-state index contributed by atoms with van der Waals surface area (Å²) in [6.45, 7) is 13.4. The van der Waals surface area contributed by atoms with Crippen LogP contribution in [0.4, 0.5) is 0 Å². The molecule has 0 saturated heterocycles. The van der Waals surface area contributed by atoms with E-state index in [2.05, 4.69) is 90.9 Å². The van der Waals surface area contributed by atoms with Crippen LogP contribution in [-0.4, -0.2) is 19.7 Å². The lowest BCUT2D eigenvalue weighted by atomic mass is 9.99. The van der Waals surface area contributed by atoms with Gasteiger partial charge in [0, 0.05) is 29.1 Å². The first kappa shape index (κ1) is 20.0. The number of rotatable bonds is 4. The Labute approximate surface area is 178 Å². The molecule has 0 amide bonds. The molecule has 4 heteroatoms. The van der Waals surface area contributed by atoms with Crippen LogP contribution in [0.3, 0.4) is 0 Å². The molecule has 4 nitrogen and oxygen atoms in total. The Bertz CT molecular complexity index is 1200. The van der Waals surface area contributed by atoms with E-state index in [4.69, 9.17) is 5.10 Å². The zero-order valence-electron chi connectivity index (χ0n) is 18.6. The minimum absolute atomic E-state index is 0.809. The van der Waals surface area contributed by atoms with Crippen molar-refractivity contribution in [1.82, 2.24) is 19.7 Å². The van der Waals surface area contributed by atoms with Crippen LogP contribution in [0.2, 0.25) is 0 Å². The Morgan fingerprint density at radius 2 is 1.13 bits per heavy atom. The van der Waals surface area contributed by atoms with Crippen LogP contribution in [0.15, 0.2) is 48.5 Å². The monoisotopic (exact) mass is 396 g/mol. The molecule has 0 aliphatic carbocycles. The first-order chi connectivity index (χ1) is 14.4. The maximum atomic E-state index is 4.77. The summed E-state index contributed by atoms with van der Waals surface area (Å²) in [5, 5.41) is 4.77. The van der Waals surface area contributed by atoms with E-state index in [-0.39, 0.29) is 0 Å². The van der Waals surface area contributed by atoms with E-state index in [9.17, 15) is 0 Å². The van der Waals surface area contributed by atoms with Gasteiger partial charge >= 0.3 is 0 Å². The van der Waals surface area contributed by atoms with Crippen LogP contribution in [0, 0.1) is 34.6 Å². The quantitative estimate of drug-likeness (QED) is 0.410. The highest BCUT2D eigenvalue weighted by molar-refractivity contribution is 5.73. The van der Waals surface area contributed by atoms with Gasteiger partial charge in [0.1, 0.15) is 5.82 Å². The highest BCUT2D eigenvalue weighted by Gasteiger charge is 2.12. The predicted octanol–water partition coefficient (Wildman–Crippen LogP) is 6.24. The Hall–Kier alpha value is -3.27. The van der Waals surface area contributed by atoms with Crippen molar-refractivity contribution in [3.63, 3.8) is 0 Å². The Kier molecular flexibility index (Phi) is 5.25. The van der Waals surface area contributed by atoms with Gasteiger partial charge < -0.3 is 0 Å². The summed E-state index contributed by atoms with van der Waals surface area (Å²) in [6.07, 6.45) is 0. The SMILES string of the molecule is CCn1nc(-c2ccc(-c3ccc(-c4nc(C)nc(C)c4C)cc3)cc2)c(C)c1C. The molecule has 0 N–H and O–H groups in total. The lowest BCUT2D eigenvalue weighted by Gasteiger charge is -2.10. The maximum Gasteiger partial charge on any atom is 0.126 e. The van der Waals surface area contributed by atoms with Gasteiger partial charge in [-0.05, 0) is 63.8 Å². The van der Waals surface area contributed by atoms with Gasteiger partial charge in [0.25, 0.3) is 0 Å². The number of benzene rings is 2. The lowest BCUT2D eigenvalue weighted by Crippen LogP contribution is -1.99. The van der Waals surface area contributed by atoms with Crippen molar-refractivity contribution in [3.05, 3.63) is 76.9 Å². The van der Waals surface area contributed by atoms with Crippen molar-refractivity contribution in [1.29, 1.82) is 0 Å². The number of hydrogen-bond acceptors (Lipinski definition) is 3. The smallest absolute Gasteiger partial charge is 0.126 e. The van der Waals surface area contributed by atoms with Gasteiger partial charge in [-0.3, -0.25) is 4.68 Å². The molecule has 4 rings (SSSR count). The van der Waals surface area contributed by atoms with Crippen molar-refractivity contribution in [2.45, 2.75) is 48.1 Å². The first-order valence-corrected chi connectivity index (χ1v) is 10.5. The summed E-state index contributed by atoms with van der Waals surface area (Å²) in [7, 11) is 0. The van der Waals surface area contributed by atoms with Crippen molar-refractivity contribution >= 4 is 0 Å². The Balaban J connectivity index is 1.63. The molecule has 0 atom stereocenters. The number of aromatic nitrogens is 4. The standard InChI is InChI=1S/C26H28N4/c1-7-30-19(5)17(3)26(29-30)24-14-10-22(11-15-24)21-8-12-23(13-9-21)25-16(2)18(4)27-20(6)28-25/h8-15H,7H2,1-6H3. The third kappa shape index (κ3) is 3.54. The van der Waals surface area contributed by atoms with Gasteiger partial charge in [-0.2, -0.15) is 5.10 Å². The molecule has 152 valence electrons. The molecule has 2 heterocycles. The molecule has 0 fully saturated rings. The average Bonchev–Trinajstić information content (AvgIpc) is 3.05. The third-order valence-corrected chi connectivity index (χ3v) is 5.96. The first-order valence-electron chi connectivity index (χ1n) is 10.5. The van der Waals surface area contributed by atoms with Crippen LogP contribution >= 0.6 is 0 Å². The zero-order chi connectivity index (χ0) is 21.4. The summed E-state index contributed by atoms with van der Waals surface area (Å²) in [6, 6.07) is 17.3. The van der Waals surface area contributed by atoms with Crippen LogP contribution in [0.25, 0.3) is 33.6 Å². The summed E-state index contributed by atoms with van der Waals surface area (Å²) < 4.78 is 2.07. The van der Waals surface area contributed by atoms with E-state index in [1.807, 2.05) is 13.8 Å². The minimum Gasteiger partial charge on any atom is -0.269 e. The molecule has 0 radical (unpaired) electrons. The van der Waals surface area contributed by atoms with Gasteiger partial charge in [0.15, 0.2) is 0 Å². The van der Waals surface area contributed by atoms with Crippen LogP contribution in [0.1, 0.15) is 35.3 Å². The second kappa shape index (κ2) is 7.86. The van der Waals surface area contributed by atoms with Gasteiger partial charge in [0.05, 0.1) is 11.4 Å². The van der Waals surface area contributed by atoms with E-state index in [0.717, 1.165) is 46.1 Å². The molecule has 2 aromatic heterocycles. The molecule has 0 aliphatic heterocycles. The fraction of sp³-hybridized carbons (Fsp3) is 0.269. The summed E-state index contributed by atoms with van der Waals surface area (Å²) >= 11 is 0. The van der Waals surface area contributed by atoms with E-state index < -0.39 is 0 Å². The molecule has 0 unspecified atom stereocenters. The van der Waals surface area contributed by atoms with E-state index in [1.165, 1.54) is 22.4 Å². The van der Waals surface area contributed by atoms with Gasteiger partial charge in [-0.15, -0.1) is 0 Å². The summed E-state index contributed by atoms with van der Waals surface area (Å²) in [4.78, 5) is 9.11. The minimum atomic E-state index is 0.809. The van der Waals surface area contributed by atoms with E-state index >= 15 is 0 Å². The van der Waals surface area contributed by atoms with Gasteiger partial charge in [0.2, 0.25) is 0 Å². The van der Waals surface area contributed by atoms with Crippen LogP contribution in [0.5, 0.6) is 0 Å². The average molecular weight is 397 g/mol.